The highest BCUT2D eigenvalue weighted by molar-refractivity contribution is 7.07. The zero-order chi connectivity index (χ0) is 17.1. The van der Waals surface area contributed by atoms with Crippen molar-refractivity contribution in [2.24, 2.45) is 5.92 Å². The number of carbonyl (C=O) groups excluding carboxylic acids is 1. The van der Waals surface area contributed by atoms with Gasteiger partial charge in [-0.15, -0.1) is 0 Å². The van der Waals surface area contributed by atoms with Gasteiger partial charge >= 0.3 is 0 Å². The summed E-state index contributed by atoms with van der Waals surface area (Å²) in [5.41, 5.74) is 2.39. The van der Waals surface area contributed by atoms with Crippen molar-refractivity contribution < 1.29 is 4.79 Å². The van der Waals surface area contributed by atoms with E-state index in [9.17, 15) is 4.79 Å². The monoisotopic (exact) mass is 344 g/mol. The largest absolute Gasteiger partial charge is 0.345 e. The molecule has 6 heteroatoms. The maximum atomic E-state index is 12.5. The summed E-state index contributed by atoms with van der Waals surface area (Å²) in [6.07, 6.45) is 4.00. The van der Waals surface area contributed by atoms with Crippen molar-refractivity contribution in [2.45, 2.75) is 39.7 Å². The van der Waals surface area contributed by atoms with Crippen molar-refractivity contribution >= 4 is 23.2 Å². The van der Waals surface area contributed by atoms with E-state index < -0.39 is 0 Å². The fraction of sp³-hybridized carbons (Fsp3) is 0.500. The summed E-state index contributed by atoms with van der Waals surface area (Å²) in [4.78, 5) is 23.7. The first-order valence-electron chi connectivity index (χ1n) is 8.46. The molecule has 1 atom stereocenters. The van der Waals surface area contributed by atoms with Crippen LogP contribution >= 0.6 is 11.3 Å². The summed E-state index contributed by atoms with van der Waals surface area (Å²) in [6.45, 7) is 8.12. The topological polar surface area (TPSA) is 58.1 Å². The second kappa shape index (κ2) is 7.30. The van der Waals surface area contributed by atoms with Gasteiger partial charge in [-0.2, -0.15) is 11.3 Å². The van der Waals surface area contributed by atoms with Gasteiger partial charge in [-0.3, -0.25) is 4.79 Å². The molecule has 128 valence electrons. The zero-order valence-corrected chi connectivity index (χ0v) is 15.3. The Morgan fingerprint density at radius 3 is 2.79 bits per heavy atom. The molecule has 1 amide bonds. The number of piperidine rings is 1. The van der Waals surface area contributed by atoms with Crippen molar-refractivity contribution in [3.05, 3.63) is 39.8 Å². The molecule has 5 nitrogen and oxygen atoms in total. The Morgan fingerprint density at radius 1 is 1.42 bits per heavy atom. The minimum atomic E-state index is -0.120. The first-order valence-corrected chi connectivity index (χ1v) is 9.40. The Hall–Kier alpha value is -1.95. The molecule has 3 heterocycles. The molecule has 2 aromatic rings. The molecule has 0 radical (unpaired) electrons. The number of amides is 1. The second-order valence-corrected chi connectivity index (χ2v) is 7.37. The van der Waals surface area contributed by atoms with Gasteiger partial charge in [0.1, 0.15) is 0 Å². The summed E-state index contributed by atoms with van der Waals surface area (Å²) in [5, 5.41) is 7.08. The van der Waals surface area contributed by atoms with E-state index in [0.29, 0.717) is 5.56 Å². The molecule has 2 aromatic heterocycles. The Morgan fingerprint density at radius 2 is 2.17 bits per heavy atom. The van der Waals surface area contributed by atoms with Gasteiger partial charge < -0.3 is 10.2 Å². The van der Waals surface area contributed by atoms with Gasteiger partial charge in [-0.1, -0.05) is 6.92 Å². The zero-order valence-electron chi connectivity index (χ0n) is 14.5. The van der Waals surface area contributed by atoms with E-state index in [0.717, 1.165) is 36.2 Å². The molecule has 1 aliphatic heterocycles. The van der Waals surface area contributed by atoms with Crippen LogP contribution in [0.4, 0.5) is 5.95 Å². The lowest BCUT2D eigenvalue weighted by Gasteiger charge is -2.30. The first-order chi connectivity index (χ1) is 11.5. The summed E-state index contributed by atoms with van der Waals surface area (Å²) in [7, 11) is 0. The van der Waals surface area contributed by atoms with Crippen molar-refractivity contribution in [2.75, 3.05) is 18.0 Å². The normalized spacial score (nSPS) is 16.9. The molecule has 1 unspecified atom stereocenters. The summed E-state index contributed by atoms with van der Waals surface area (Å²) >= 11 is 1.63. The Bertz CT molecular complexity index is 693. The number of aryl methyl sites for hydroxylation is 1. The summed E-state index contributed by atoms with van der Waals surface area (Å²) in [5.74, 6) is 1.39. The Labute approximate surface area is 147 Å². The number of hydrogen-bond donors (Lipinski definition) is 1. The number of nitrogens with one attached hydrogen (secondary N) is 1. The summed E-state index contributed by atoms with van der Waals surface area (Å²) in [6, 6.07) is 2.01. The number of hydrogen-bond acceptors (Lipinski definition) is 5. The van der Waals surface area contributed by atoms with Crippen LogP contribution in [0.3, 0.4) is 0 Å². The highest BCUT2D eigenvalue weighted by Gasteiger charge is 2.20. The lowest BCUT2D eigenvalue weighted by molar-refractivity contribution is 0.0938. The van der Waals surface area contributed by atoms with Gasteiger partial charge in [0.05, 0.1) is 17.3 Å². The average Bonchev–Trinajstić information content (AvgIpc) is 3.10. The SMILES string of the molecule is Cc1nc(N2CCC(C)CC2)ncc1C(=O)NC(C)c1ccsc1. The molecule has 0 spiro atoms. The minimum Gasteiger partial charge on any atom is -0.345 e. The van der Waals surface area contributed by atoms with Crippen molar-refractivity contribution in [3.63, 3.8) is 0 Å². The molecule has 0 saturated carbocycles. The van der Waals surface area contributed by atoms with E-state index in [4.69, 9.17) is 0 Å². The lowest BCUT2D eigenvalue weighted by Crippen LogP contribution is -2.34. The third kappa shape index (κ3) is 3.75. The van der Waals surface area contributed by atoms with E-state index >= 15 is 0 Å². The van der Waals surface area contributed by atoms with E-state index in [1.165, 1.54) is 12.8 Å². The predicted molar refractivity (Wildman–Crippen MR) is 97.6 cm³/mol. The molecule has 0 aromatic carbocycles. The maximum Gasteiger partial charge on any atom is 0.255 e. The second-order valence-electron chi connectivity index (χ2n) is 6.59. The van der Waals surface area contributed by atoms with E-state index in [1.807, 2.05) is 25.3 Å². The number of nitrogens with zero attached hydrogens (tertiary/aromatic N) is 3. The van der Waals surface area contributed by atoms with Crippen LogP contribution in [0.2, 0.25) is 0 Å². The molecule has 0 aliphatic carbocycles. The van der Waals surface area contributed by atoms with Gasteiger partial charge in [-0.25, -0.2) is 9.97 Å². The molecule has 3 rings (SSSR count). The van der Waals surface area contributed by atoms with Crippen LogP contribution in [0.5, 0.6) is 0 Å². The van der Waals surface area contributed by atoms with E-state index in [1.54, 1.807) is 17.5 Å². The molecule has 24 heavy (non-hydrogen) atoms. The minimum absolute atomic E-state index is 0.0218. The molecule has 1 N–H and O–H groups in total. The van der Waals surface area contributed by atoms with Crippen LogP contribution in [0, 0.1) is 12.8 Å². The van der Waals surface area contributed by atoms with Crippen LogP contribution in [-0.4, -0.2) is 29.0 Å². The molecule has 1 saturated heterocycles. The van der Waals surface area contributed by atoms with E-state index in [-0.39, 0.29) is 11.9 Å². The third-order valence-electron chi connectivity index (χ3n) is 4.67. The highest BCUT2D eigenvalue weighted by atomic mass is 32.1. The smallest absolute Gasteiger partial charge is 0.255 e. The van der Waals surface area contributed by atoms with Gasteiger partial charge in [-0.05, 0) is 55.0 Å². The highest BCUT2D eigenvalue weighted by Crippen LogP contribution is 2.21. The van der Waals surface area contributed by atoms with Gasteiger partial charge in [0.25, 0.3) is 5.91 Å². The van der Waals surface area contributed by atoms with Crippen molar-refractivity contribution in [3.8, 4) is 0 Å². The fourth-order valence-electron chi connectivity index (χ4n) is 2.92. The van der Waals surface area contributed by atoms with Crippen LogP contribution in [0.1, 0.15) is 54.3 Å². The maximum absolute atomic E-state index is 12.5. The Balaban J connectivity index is 1.69. The molecular formula is C18H24N4OS. The van der Waals surface area contributed by atoms with Crippen LogP contribution in [0.15, 0.2) is 23.0 Å². The van der Waals surface area contributed by atoms with Crippen molar-refractivity contribution in [1.29, 1.82) is 0 Å². The number of aromatic nitrogens is 2. The third-order valence-corrected chi connectivity index (χ3v) is 5.37. The standard InChI is InChI=1S/C18H24N4OS/c1-12-4-7-22(8-5-12)18-19-10-16(14(3)21-18)17(23)20-13(2)15-6-9-24-11-15/h6,9-13H,4-5,7-8H2,1-3H3,(H,20,23). The van der Waals surface area contributed by atoms with E-state index in [2.05, 4.69) is 32.5 Å². The Kier molecular flexibility index (Phi) is 5.14. The number of rotatable bonds is 4. The summed E-state index contributed by atoms with van der Waals surface area (Å²) < 4.78 is 0. The van der Waals surface area contributed by atoms with Gasteiger partial charge in [0.2, 0.25) is 5.95 Å². The lowest BCUT2D eigenvalue weighted by atomic mass is 10.00. The number of anilines is 1. The molecule has 1 fully saturated rings. The predicted octanol–water partition coefficient (Wildman–Crippen LogP) is 3.57. The first kappa shape index (κ1) is 16.9. The molecule has 1 aliphatic rings. The van der Waals surface area contributed by atoms with Crippen molar-refractivity contribution in [1.82, 2.24) is 15.3 Å². The van der Waals surface area contributed by atoms with Gasteiger partial charge in [0, 0.05) is 19.3 Å². The number of carbonyl (C=O) groups is 1. The number of thiophene rings is 1. The molecular weight excluding hydrogens is 320 g/mol. The van der Waals surface area contributed by atoms with Gasteiger partial charge in [0.15, 0.2) is 0 Å². The van der Waals surface area contributed by atoms with Crippen LogP contribution < -0.4 is 10.2 Å². The molecule has 0 bridgehead atoms. The van der Waals surface area contributed by atoms with Crippen LogP contribution in [-0.2, 0) is 0 Å². The quantitative estimate of drug-likeness (QED) is 0.921. The van der Waals surface area contributed by atoms with Crippen LogP contribution in [0.25, 0.3) is 0 Å². The fourth-order valence-corrected chi connectivity index (χ4v) is 3.67. The average molecular weight is 344 g/mol.